The topological polar surface area (TPSA) is 86.2 Å². The molecule has 0 fully saturated rings. The Hall–Kier alpha value is -2.15. The first-order valence-electron chi connectivity index (χ1n) is 5.36. The van der Waals surface area contributed by atoms with Gasteiger partial charge in [-0.2, -0.15) is 0 Å². The maximum absolute atomic E-state index is 11.5. The van der Waals surface area contributed by atoms with Crippen molar-refractivity contribution < 1.29 is 14.1 Å². The molecular weight excluding hydrogens is 268 g/mol. The number of aromatic nitrogens is 1. The van der Waals surface area contributed by atoms with Crippen LogP contribution in [0.2, 0.25) is 0 Å². The van der Waals surface area contributed by atoms with Crippen LogP contribution in [-0.4, -0.2) is 15.7 Å². The van der Waals surface area contributed by atoms with Crippen LogP contribution >= 0.6 is 11.8 Å². The van der Waals surface area contributed by atoms with Gasteiger partial charge in [0.05, 0.1) is 10.6 Å². The second kappa shape index (κ2) is 5.23. The van der Waals surface area contributed by atoms with Gasteiger partial charge in [0, 0.05) is 22.6 Å². The molecule has 0 atom stereocenters. The van der Waals surface area contributed by atoms with Gasteiger partial charge >= 0.3 is 0 Å². The summed E-state index contributed by atoms with van der Waals surface area (Å²) < 4.78 is 5.19. The molecule has 2 aromatic rings. The second-order valence-corrected chi connectivity index (χ2v) is 4.84. The predicted molar refractivity (Wildman–Crippen MR) is 68.5 cm³/mol. The fraction of sp³-hybridized carbons (Fsp3) is 0.167. The molecule has 1 heterocycles. The van der Waals surface area contributed by atoms with Gasteiger partial charge < -0.3 is 4.42 Å². The highest BCUT2D eigenvalue weighted by molar-refractivity contribution is 7.99. The van der Waals surface area contributed by atoms with Crippen LogP contribution in [0, 0.1) is 17.0 Å². The number of nitro groups is 1. The lowest BCUT2D eigenvalue weighted by atomic mass is 10.1. The number of ketones is 1. The lowest BCUT2D eigenvalue weighted by Gasteiger charge is -2.03. The molecule has 1 aromatic heterocycles. The van der Waals surface area contributed by atoms with Gasteiger partial charge in [0.1, 0.15) is 6.26 Å². The molecule has 1 aromatic carbocycles. The predicted octanol–water partition coefficient (Wildman–Crippen LogP) is 3.25. The Morgan fingerprint density at radius 1 is 1.47 bits per heavy atom. The third-order valence-electron chi connectivity index (χ3n) is 2.35. The van der Waals surface area contributed by atoms with E-state index in [1.807, 2.05) is 0 Å². The van der Waals surface area contributed by atoms with Crippen LogP contribution in [0.4, 0.5) is 5.69 Å². The summed E-state index contributed by atoms with van der Waals surface area (Å²) in [5, 5.41) is 11.1. The van der Waals surface area contributed by atoms with Gasteiger partial charge in [0.25, 0.3) is 10.9 Å². The first kappa shape index (κ1) is 13.3. The summed E-state index contributed by atoms with van der Waals surface area (Å²) in [6, 6.07) is 4.14. The summed E-state index contributed by atoms with van der Waals surface area (Å²) in [4.78, 5) is 26.4. The number of rotatable bonds is 4. The Labute approximate surface area is 113 Å². The van der Waals surface area contributed by atoms with Crippen molar-refractivity contribution in [3.8, 4) is 0 Å². The fourth-order valence-corrected chi connectivity index (χ4v) is 2.39. The summed E-state index contributed by atoms with van der Waals surface area (Å²) in [7, 11) is 0. The number of Topliss-reactive ketones (excluding diaryl/α,β-unsaturated/α-hetero) is 1. The number of nitrogens with zero attached hydrogens (tertiary/aromatic N) is 2. The van der Waals surface area contributed by atoms with Crippen LogP contribution in [-0.2, 0) is 0 Å². The van der Waals surface area contributed by atoms with E-state index in [4.69, 9.17) is 4.42 Å². The summed E-state index contributed by atoms with van der Waals surface area (Å²) in [6.45, 7) is 3.15. The van der Waals surface area contributed by atoms with Crippen molar-refractivity contribution in [3.05, 3.63) is 45.8 Å². The van der Waals surface area contributed by atoms with Crippen molar-refractivity contribution in [1.82, 2.24) is 4.98 Å². The number of hydrogen-bond donors (Lipinski definition) is 0. The minimum absolute atomic E-state index is 0.113. The van der Waals surface area contributed by atoms with Crippen molar-refractivity contribution in [3.63, 3.8) is 0 Å². The number of nitro benzene ring substituents is 1. The molecular formula is C12H10N2O4S. The monoisotopic (exact) mass is 278 g/mol. The Morgan fingerprint density at radius 3 is 2.74 bits per heavy atom. The molecule has 0 saturated heterocycles. The maximum Gasteiger partial charge on any atom is 0.270 e. The molecule has 0 amide bonds. The van der Waals surface area contributed by atoms with Crippen molar-refractivity contribution in [2.24, 2.45) is 0 Å². The van der Waals surface area contributed by atoms with Crippen LogP contribution in [0.1, 0.15) is 23.0 Å². The minimum atomic E-state index is -0.532. The summed E-state index contributed by atoms with van der Waals surface area (Å²) in [5.41, 5.74) is 0.905. The third kappa shape index (κ3) is 3.00. The number of non-ortho nitro benzene ring substituents is 1. The van der Waals surface area contributed by atoms with Crippen molar-refractivity contribution in [2.45, 2.75) is 24.0 Å². The smallest absolute Gasteiger partial charge is 0.270 e. The molecule has 0 bridgehead atoms. The molecule has 0 aliphatic rings. The van der Waals surface area contributed by atoms with E-state index in [0.717, 1.165) is 17.5 Å². The summed E-state index contributed by atoms with van der Waals surface area (Å²) >= 11 is 1.16. The Balaban J connectivity index is 2.39. The van der Waals surface area contributed by atoms with E-state index < -0.39 is 4.92 Å². The van der Waals surface area contributed by atoms with Crippen LogP contribution in [0.5, 0.6) is 0 Å². The van der Waals surface area contributed by atoms with Gasteiger partial charge in [0.15, 0.2) is 5.78 Å². The highest BCUT2D eigenvalue weighted by Crippen LogP contribution is 2.32. The van der Waals surface area contributed by atoms with E-state index in [9.17, 15) is 14.9 Å². The van der Waals surface area contributed by atoms with Crippen LogP contribution < -0.4 is 0 Å². The molecule has 0 spiro atoms. The Morgan fingerprint density at radius 2 is 2.21 bits per heavy atom. The zero-order valence-electron chi connectivity index (χ0n) is 10.2. The number of hydrogen-bond acceptors (Lipinski definition) is 6. The highest BCUT2D eigenvalue weighted by atomic mass is 32.2. The number of carbonyl (C=O) groups excluding carboxylic acids is 1. The van der Waals surface area contributed by atoms with E-state index in [0.29, 0.717) is 10.1 Å². The first-order valence-corrected chi connectivity index (χ1v) is 6.18. The molecule has 0 saturated carbocycles. The number of aryl methyl sites for hydroxylation is 1. The molecule has 0 aliphatic heterocycles. The Kier molecular flexibility index (Phi) is 3.66. The second-order valence-electron chi connectivity index (χ2n) is 3.85. The SMILES string of the molecule is CC(=O)c1cc([N+](=O)[O-])ccc1Sc1nc(C)co1. The molecule has 98 valence electrons. The van der Waals surface area contributed by atoms with Gasteiger partial charge in [-0.25, -0.2) is 4.98 Å². The third-order valence-corrected chi connectivity index (χ3v) is 3.29. The van der Waals surface area contributed by atoms with Crippen molar-refractivity contribution in [2.75, 3.05) is 0 Å². The van der Waals surface area contributed by atoms with Gasteiger partial charge in [-0.05, 0) is 31.7 Å². The number of oxazole rings is 1. The van der Waals surface area contributed by atoms with E-state index in [2.05, 4.69) is 4.98 Å². The molecule has 6 nitrogen and oxygen atoms in total. The number of carbonyl (C=O) groups is 1. The largest absolute Gasteiger partial charge is 0.439 e. The average molecular weight is 278 g/mol. The average Bonchev–Trinajstić information content (AvgIpc) is 2.74. The molecule has 19 heavy (non-hydrogen) atoms. The van der Waals surface area contributed by atoms with Crippen LogP contribution in [0.3, 0.4) is 0 Å². The highest BCUT2D eigenvalue weighted by Gasteiger charge is 2.16. The van der Waals surface area contributed by atoms with Crippen LogP contribution in [0.25, 0.3) is 0 Å². The van der Waals surface area contributed by atoms with Crippen molar-refractivity contribution in [1.29, 1.82) is 0 Å². The fourth-order valence-electron chi connectivity index (χ4n) is 1.47. The lowest BCUT2D eigenvalue weighted by Crippen LogP contribution is -1.98. The standard InChI is InChI=1S/C12H10N2O4S/c1-7-6-18-12(13-7)19-11-4-3-9(14(16)17)5-10(11)8(2)15/h3-6H,1-2H3. The van der Waals surface area contributed by atoms with Gasteiger partial charge in [-0.15, -0.1) is 0 Å². The van der Waals surface area contributed by atoms with Gasteiger partial charge in [-0.1, -0.05) is 0 Å². The normalized spacial score (nSPS) is 10.4. The summed E-state index contributed by atoms with van der Waals surface area (Å²) in [5.74, 6) is -0.241. The lowest BCUT2D eigenvalue weighted by molar-refractivity contribution is -0.384. The van der Waals surface area contributed by atoms with Crippen LogP contribution in [0.15, 0.2) is 39.0 Å². The molecule has 2 rings (SSSR count). The Bertz CT molecular complexity index is 651. The quantitative estimate of drug-likeness (QED) is 0.484. The molecule has 0 radical (unpaired) electrons. The number of benzene rings is 1. The molecule has 0 unspecified atom stereocenters. The maximum atomic E-state index is 11.5. The van der Waals surface area contributed by atoms with Crippen molar-refractivity contribution >= 4 is 23.2 Å². The zero-order valence-corrected chi connectivity index (χ0v) is 11.1. The summed E-state index contributed by atoms with van der Waals surface area (Å²) in [6.07, 6.45) is 1.50. The first-order chi connectivity index (χ1) is 8.97. The van der Waals surface area contributed by atoms with E-state index in [1.165, 1.54) is 31.4 Å². The van der Waals surface area contributed by atoms with Gasteiger partial charge in [0.2, 0.25) is 0 Å². The molecule has 0 N–H and O–H groups in total. The van der Waals surface area contributed by atoms with E-state index in [1.54, 1.807) is 6.92 Å². The molecule has 7 heteroatoms. The minimum Gasteiger partial charge on any atom is -0.439 e. The van der Waals surface area contributed by atoms with E-state index in [-0.39, 0.29) is 17.0 Å². The van der Waals surface area contributed by atoms with Gasteiger partial charge in [-0.3, -0.25) is 14.9 Å². The van der Waals surface area contributed by atoms with E-state index >= 15 is 0 Å². The molecule has 0 aliphatic carbocycles. The zero-order chi connectivity index (χ0) is 14.0.